The maximum Gasteiger partial charge on any atom is 0.405 e. The molecule has 0 heterocycles. The van der Waals surface area contributed by atoms with E-state index in [1.54, 1.807) is 18.2 Å². The lowest BCUT2D eigenvalue weighted by Crippen LogP contribution is -2.51. The van der Waals surface area contributed by atoms with E-state index < -0.39 is 39.1 Å². The van der Waals surface area contributed by atoms with E-state index in [-0.39, 0.29) is 29.6 Å². The van der Waals surface area contributed by atoms with E-state index in [4.69, 9.17) is 15.2 Å². The summed E-state index contributed by atoms with van der Waals surface area (Å²) in [5.41, 5.74) is 7.16. The lowest BCUT2D eigenvalue weighted by Gasteiger charge is -2.45. The van der Waals surface area contributed by atoms with Crippen molar-refractivity contribution < 1.29 is 32.6 Å². The summed E-state index contributed by atoms with van der Waals surface area (Å²) >= 11 is 0. The number of hydrogen-bond acceptors (Lipinski definition) is 7. The molecular formula is C36H48N2O7S. The molecule has 3 aromatic carbocycles. The minimum atomic E-state index is -3.78. The normalized spacial score (nSPS) is 13.9. The number of aliphatic hydroxyl groups is 1. The second-order valence-corrected chi connectivity index (χ2v) is 14.8. The maximum atomic E-state index is 13.0. The molecule has 0 saturated heterocycles. The summed E-state index contributed by atoms with van der Waals surface area (Å²) in [6.45, 7) is 11.5. The van der Waals surface area contributed by atoms with Crippen LogP contribution in [0.15, 0.2) is 72.8 Å². The number of benzene rings is 3. The molecule has 2 atom stereocenters. The minimum Gasteiger partial charge on any atom is -0.490 e. The topological polar surface area (TPSA) is 145 Å². The van der Waals surface area contributed by atoms with Crippen LogP contribution in [0.3, 0.4) is 0 Å². The first-order valence-corrected chi connectivity index (χ1v) is 17.4. The summed E-state index contributed by atoms with van der Waals surface area (Å²) in [6.07, 6.45) is 0.484. The van der Waals surface area contributed by atoms with Crippen LogP contribution in [0.2, 0.25) is 0 Å². The highest BCUT2D eigenvalue weighted by Crippen LogP contribution is 2.43. The van der Waals surface area contributed by atoms with E-state index in [0.717, 1.165) is 29.5 Å². The monoisotopic (exact) mass is 652 g/mol. The van der Waals surface area contributed by atoms with Crippen LogP contribution < -0.4 is 15.2 Å². The van der Waals surface area contributed by atoms with Crippen LogP contribution in [-0.2, 0) is 21.2 Å². The smallest absolute Gasteiger partial charge is 0.405 e. The molecule has 0 aromatic heterocycles. The summed E-state index contributed by atoms with van der Waals surface area (Å²) < 4.78 is 38.9. The van der Waals surface area contributed by atoms with Gasteiger partial charge in [-0.1, -0.05) is 101 Å². The number of amides is 2. The number of unbranched alkanes of at least 4 members (excludes halogenated alkanes) is 2. The number of hydrogen-bond donors (Lipinski definition) is 3. The molecule has 3 aromatic rings. The molecular weight excluding hydrogens is 604 g/mol. The summed E-state index contributed by atoms with van der Waals surface area (Å²) in [5, 5.41) is 11.2. The SMILES string of the molecule is CCCCCS(=O)(=O)NC(=O)c1ccc(-c2ccc(CC(C[C@@H](O)c3ccccc3)(OC(N)=O)C(C)(C)C)cc2)cc1OC(C)C. The number of nitrogens with one attached hydrogen (secondary N) is 1. The quantitative estimate of drug-likeness (QED) is 0.151. The van der Waals surface area contributed by atoms with Crippen molar-refractivity contribution in [3.05, 3.63) is 89.5 Å². The van der Waals surface area contributed by atoms with Gasteiger partial charge in [0.15, 0.2) is 0 Å². The number of rotatable bonds is 15. The Bertz CT molecular complexity index is 1570. The van der Waals surface area contributed by atoms with Crippen molar-refractivity contribution in [2.75, 3.05) is 5.75 Å². The first kappa shape index (κ1) is 36.6. The Balaban J connectivity index is 1.91. The third-order valence-corrected chi connectivity index (χ3v) is 9.32. The molecule has 0 aliphatic heterocycles. The van der Waals surface area contributed by atoms with Crippen LogP contribution >= 0.6 is 0 Å². The molecule has 0 spiro atoms. The van der Waals surface area contributed by atoms with Crippen molar-refractivity contribution in [1.29, 1.82) is 0 Å². The van der Waals surface area contributed by atoms with Crippen LogP contribution in [0, 0.1) is 5.41 Å². The molecule has 4 N–H and O–H groups in total. The highest BCUT2D eigenvalue weighted by Gasteiger charge is 2.47. The fraction of sp³-hybridized carbons (Fsp3) is 0.444. The molecule has 0 aliphatic carbocycles. The highest BCUT2D eigenvalue weighted by molar-refractivity contribution is 7.90. The lowest BCUT2D eigenvalue weighted by atomic mass is 9.69. The van der Waals surface area contributed by atoms with Crippen LogP contribution in [0.5, 0.6) is 5.75 Å². The van der Waals surface area contributed by atoms with E-state index in [1.807, 2.05) is 96.1 Å². The maximum absolute atomic E-state index is 13.0. The van der Waals surface area contributed by atoms with Gasteiger partial charge in [-0.2, -0.15) is 0 Å². The van der Waals surface area contributed by atoms with Gasteiger partial charge in [-0.05, 0) is 54.7 Å². The van der Waals surface area contributed by atoms with Gasteiger partial charge in [-0.3, -0.25) is 4.79 Å². The summed E-state index contributed by atoms with van der Waals surface area (Å²) in [4.78, 5) is 25.2. The fourth-order valence-electron chi connectivity index (χ4n) is 5.35. The van der Waals surface area contributed by atoms with Crippen LogP contribution in [0.1, 0.15) is 94.8 Å². The Hall–Kier alpha value is -3.89. The zero-order chi connectivity index (χ0) is 34.1. The van der Waals surface area contributed by atoms with Gasteiger partial charge < -0.3 is 20.3 Å². The predicted octanol–water partition coefficient (Wildman–Crippen LogP) is 6.94. The predicted molar refractivity (Wildman–Crippen MR) is 181 cm³/mol. The Morgan fingerprint density at radius 2 is 1.57 bits per heavy atom. The van der Waals surface area contributed by atoms with Gasteiger partial charge >= 0.3 is 6.09 Å². The van der Waals surface area contributed by atoms with Crippen LogP contribution in [-0.4, -0.2) is 43.0 Å². The Morgan fingerprint density at radius 3 is 2.13 bits per heavy atom. The van der Waals surface area contributed by atoms with E-state index in [1.165, 1.54) is 0 Å². The summed E-state index contributed by atoms with van der Waals surface area (Å²) in [6, 6.07) is 21.9. The average Bonchev–Trinajstić information content (AvgIpc) is 2.96. The Labute approximate surface area is 273 Å². The fourth-order valence-corrected chi connectivity index (χ4v) is 6.43. The number of carbonyl (C=O) groups is 2. The van der Waals surface area contributed by atoms with Crippen molar-refractivity contribution in [2.24, 2.45) is 11.1 Å². The van der Waals surface area contributed by atoms with Gasteiger partial charge in [0.1, 0.15) is 11.4 Å². The number of nitrogens with two attached hydrogens (primary N) is 1. The second kappa shape index (κ2) is 15.6. The lowest BCUT2D eigenvalue weighted by molar-refractivity contribution is -0.0931. The molecule has 1 unspecified atom stereocenters. The van der Waals surface area contributed by atoms with Crippen molar-refractivity contribution in [3.8, 4) is 16.9 Å². The molecule has 250 valence electrons. The third-order valence-electron chi connectivity index (χ3n) is 8.00. The Morgan fingerprint density at radius 1 is 0.935 bits per heavy atom. The number of sulfonamides is 1. The number of ether oxygens (including phenoxy) is 2. The van der Waals surface area contributed by atoms with Crippen LogP contribution in [0.25, 0.3) is 11.1 Å². The van der Waals surface area contributed by atoms with Crippen LogP contribution in [0.4, 0.5) is 4.79 Å². The molecule has 9 nitrogen and oxygen atoms in total. The second-order valence-electron chi connectivity index (χ2n) is 13.0. The first-order chi connectivity index (χ1) is 21.6. The highest BCUT2D eigenvalue weighted by atomic mass is 32.2. The van der Waals surface area contributed by atoms with E-state index >= 15 is 0 Å². The molecule has 10 heteroatoms. The van der Waals surface area contributed by atoms with Gasteiger partial charge in [-0.25, -0.2) is 17.9 Å². The van der Waals surface area contributed by atoms with Crippen molar-refractivity contribution in [2.45, 2.75) is 91.5 Å². The largest absolute Gasteiger partial charge is 0.490 e. The van der Waals surface area contributed by atoms with Gasteiger partial charge in [0.25, 0.3) is 5.91 Å². The third kappa shape index (κ3) is 10.1. The minimum absolute atomic E-state index is 0.121. The molecule has 0 fully saturated rings. The number of aliphatic hydroxyl groups excluding tert-OH is 1. The average molecular weight is 653 g/mol. The van der Waals surface area contributed by atoms with Crippen molar-refractivity contribution >= 4 is 22.0 Å². The van der Waals surface area contributed by atoms with Gasteiger partial charge in [0, 0.05) is 18.3 Å². The molecule has 0 radical (unpaired) electrons. The molecule has 2 amide bonds. The van der Waals surface area contributed by atoms with E-state index in [9.17, 15) is 23.1 Å². The van der Waals surface area contributed by atoms with Gasteiger partial charge in [0.2, 0.25) is 10.0 Å². The van der Waals surface area contributed by atoms with E-state index in [0.29, 0.717) is 18.4 Å². The zero-order valence-corrected chi connectivity index (χ0v) is 28.5. The van der Waals surface area contributed by atoms with Crippen molar-refractivity contribution in [1.82, 2.24) is 4.72 Å². The first-order valence-electron chi connectivity index (χ1n) is 15.7. The number of primary amides is 1. The number of carbonyl (C=O) groups excluding carboxylic acids is 2. The molecule has 0 aliphatic rings. The van der Waals surface area contributed by atoms with E-state index in [2.05, 4.69) is 4.72 Å². The molecule has 46 heavy (non-hydrogen) atoms. The Kier molecular flexibility index (Phi) is 12.4. The molecule has 0 bridgehead atoms. The standard InChI is InChI=1S/C36H48N2O7S/c1-7-8-12-21-46(42,43)38-33(40)30-20-19-29(22-32(30)44-25(2)3)27-17-15-26(16-18-27)23-36(35(4,5)6,45-34(37)41)24-31(39)28-13-10-9-11-14-28/h9-11,13-20,22,25,31,39H,7-8,12,21,23-24H2,1-6H3,(H2,37,41)(H,38,40)/t31-,36?/m1/s1. The molecule has 3 rings (SSSR count). The molecule has 0 saturated carbocycles. The van der Waals surface area contributed by atoms with Crippen molar-refractivity contribution in [3.63, 3.8) is 0 Å². The summed E-state index contributed by atoms with van der Waals surface area (Å²) in [7, 11) is -3.78. The van der Waals surface area contributed by atoms with Gasteiger partial charge in [-0.15, -0.1) is 0 Å². The van der Waals surface area contributed by atoms with Gasteiger partial charge in [0.05, 0.1) is 23.5 Å². The summed E-state index contributed by atoms with van der Waals surface area (Å²) in [5.74, 6) is -0.585. The zero-order valence-electron chi connectivity index (χ0n) is 27.7.